The Morgan fingerprint density at radius 2 is 2.18 bits per heavy atom. The van der Waals surface area contributed by atoms with Gasteiger partial charge in [0.2, 0.25) is 0 Å². The lowest BCUT2D eigenvalue weighted by Crippen LogP contribution is -2.29. The molecule has 1 fully saturated rings. The van der Waals surface area contributed by atoms with Crippen molar-refractivity contribution in [1.82, 2.24) is 4.98 Å². The first-order valence-electron chi connectivity index (χ1n) is 5.49. The molecule has 0 unspecified atom stereocenters. The number of alkyl halides is 3. The Hall–Kier alpha value is -1.46. The van der Waals surface area contributed by atoms with Gasteiger partial charge in [0, 0.05) is 12.6 Å². The van der Waals surface area contributed by atoms with Gasteiger partial charge in [0.05, 0.1) is 11.9 Å². The van der Waals surface area contributed by atoms with E-state index in [2.05, 4.69) is 4.98 Å². The summed E-state index contributed by atoms with van der Waals surface area (Å²) in [6.45, 7) is 2.52. The third-order valence-corrected chi connectivity index (χ3v) is 3.02. The van der Waals surface area contributed by atoms with Crippen molar-refractivity contribution in [2.24, 2.45) is 0 Å². The van der Waals surface area contributed by atoms with Crippen LogP contribution in [0.5, 0.6) is 0 Å². The van der Waals surface area contributed by atoms with Gasteiger partial charge in [0.25, 0.3) is 0 Å². The number of anilines is 2. The fraction of sp³-hybridized carbons (Fsp3) is 0.545. The molecule has 2 N–H and O–H groups in total. The second kappa shape index (κ2) is 4.09. The monoisotopic (exact) mass is 245 g/mol. The predicted octanol–water partition coefficient (Wildman–Crippen LogP) is 2.67. The van der Waals surface area contributed by atoms with E-state index in [0.717, 1.165) is 18.9 Å². The van der Waals surface area contributed by atoms with Crippen molar-refractivity contribution in [2.45, 2.75) is 32.0 Å². The molecule has 0 saturated carbocycles. The van der Waals surface area contributed by atoms with E-state index < -0.39 is 11.7 Å². The van der Waals surface area contributed by atoms with E-state index in [-0.39, 0.29) is 17.5 Å². The Kier molecular flexibility index (Phi) is 2.89. The van der Waals surface area contributed by atoms with E-state index in [1.165, 1.54) is 6.20 Å². The normalized spacial score (nSPS) is 20.9. The summed E-state index contributed by atoms with van der Waals surface area (Å²) in [5.41, 5.74) is 4.67. The lowest BCUT2D eigenvalue weighted by molar-refractivity contribution is -0.137. The highest BCUT2D eigenvalue weighted by atomic mass is 19.4. The number of hydrogen-bond donors (Lipinski definition) is 1. The minimum absolute atomic E-state index is 0.00306. The summed E-state index contributed by atoms with van der Waals surface area (Å²) >= 11 is 0. The molecular weight excluding hydrogens is 231 g/mol. The fourth-order valence-corrected chi connectivity index (χ4v) is 2.16. The van der Waals surface area contributed by atoms with Crippen LogP contribution < -0.4 is 10.6 Å². The summed E-state index contributed by atoms with van der Waals surface area (Å²) in [4.78, 5) is 5.55. The van der Waals surface area contributed by atoms with Gasteiger partial charge in [0.1, 0.15) is 11.4 Å². The van der Waals surface area contributed by atoms with Crippen LogP contribution in [-0.2, 0) is 6.18 Å². The fourth-order valence-electron chi connectivity index (χ4n) is 2.16. The molecule has 1 saturated heterocycles. The average molecular weight is 245 g/mol. The third-order valence-electron chi connectivity index (χ3n) is 3.02. The van der Waals surface area contributed by atoms with Gasteiger partial charge < -0.3 is 10.6 Å². The van der Waals surface area contributed by atoms with Gasteiger partial charge in [-0.1, -0.05) is 0 Å². The van der Waals surface area contributed by atoms with Gasteiger partial charge in [-0.2, -0.15) is 13.2 Å². The van der Waals surface area contributed by atoms with Gasteiger partial charge in [-0.05, 0) is 25.8 Å². The summed E-state index contributed by atoms with van der Waals surface area (Å²) in [5, 5.41) is 0. The van der Waals surface area contributed by atoms with Crippen LogP contribution in [0.3, 0.4) is 0 Å². The number of rotatable bonds is 1. The first-order chi connectivity index (χ1) is 7.89. The molecule has 1 aliphatic heterocycles. The van der Waals surface area contributed by atoms with Crippen molar-refractivity contribution >= 4 is 11.5 Å². The van der Waals surface area contributed by atoms with E-state index in [1.807, 2.05) is 6.92 Å². The Morgan fingerprint density at radius 3 is 2.71 bits per heavy atom. The average Bonchev–Trinajstić information content (AvgIpc) is 2.63. The van der Waals surface area contributed by atoms with Crippen molar-refractivity contribution in [3.63, 3.8) is 0 Å². The molecule has 6 heteroatoms. The maximum Gasteiger partial charge on any atom is 0.420 e. The molecule has 2 rings (SSSR count). The van der Waals surface area contributed by atoms with Crippen molar-refractivity contribution < 1.29 is 13.2 Å². The Bertz CT molecular complexity index is 417. The van der Waals surface area contributed by atoms with Crippen LogP contribution in [0.15, 0.2) is 12.3 Å². The summed E-state index contributed by atoms with van der Waals surface area (Å²) in [7, 11) is 0. The Labute approximate surface area is 97.4 Å². The molecule has 1 aromatic rings. The van der Waals surface area contributed by atoms with Crippen molar-refractivity contribution in [3.8, 4) is 0 Å². The second-order valence-corrected chi connectivity index (χ2v) is 4.32. The highest BCUT2D eigenvalue weighted by molar-refractivity contribution is 5.55. The van der Waals surface area contributed by atoms with Crippen molar-refractivity contribution in [2.75, 3.05) is 17.2 Å². The van der Waals surface area contributed by atoms with Gasteiger partial charge in [-0.15, -0.1) is 0 Å². The van der Waals surface area contributed by atoms with E-state index >= 15 is 0 Å². The largest absolute Gasteiger partial charge is 0.420 e. The van der Waals surface area contributed by atoms with Crippen LogP contribution in [0.1, 0.15) is 25.3 Å². The third kappa shape index (κ3) is 2.30. The van der Waals surface area contributed by atoms with E-state index in [9.17, 15) is 13.2 Å². The molecule has 0 amide bonds. The molecule has 2 heterocycles. The Morgan fingerprint density at radius 1 is 1.47 bits per heavy atom. The molecule has 0 aliphatic carbocycles. The maximum atomic E-state index is 12.9. The zero-order chi connectivity index (χ0) is 12.6. The molecule has 0 radical (unpaired) electrons. The smallest absolute Gasteiger partial charge is 0.397 e. The number of nitrogens with two attached hydrogens (primary N) is 1. The zero-order valence-electron chi connectivity index (χ0n) is 9.46. The highest BCUT2D eigenvalue weighted by Crippen LogP contribution is 2.38. The predicted molar refractivity (Wildman–Crippen MR) is 59.7 cm³/mol. The number of halogens is 3. The van der Waals surface area contributed by atoms with Crippen LogP contribution in [0.2, 0.25) is 0 Å². The molecular formula is C11H14F3N3. The molecule has 0 spiro atoms. The second-order valence-electron chi connectivity index (χ2n) is 4.32. The van der Waals surface area contributed by atoms with E-state index in [0.29, 0.717) is 6.54 Å². The summed E-state index contributed by atoms with van der Waals surface area (Å²) in [5.74, 6) is -0.00306. The number of nitrogens with zero attached hydrogens (tertiary/aromatic N) is 2. The first kappa shape index (κ1) is 12.0. The molecule has 0 bridgehead atoms. The standard InChI is InChI=1S/C11H14F3N3/c1-7-3-2-4-17(7)10-9(11(12,13)14)5-8(15)6-16-10/h5-7H,2-4,15H2,1H3/t7-/m1/s1. The van der Waals surface area contributed by atoms with Crippen LogP contribution in [0.4, 0.5) is 24.7 Å². The van der Waals surface area contributed by atoms with Crippen molar-refractivity contribution in [1.29, 1.82) is 0 Å². The van der Waals surface area contributed by atoms with Gasteiger partial charge in [-0.3, -0.25) is 0 Å². The minimum Gasteiger partial charge on any atom is -0.397 e. The molecule has 94 valence electrons. The molecule has 0 aromatic carbocycles. The van der Waals surface area contributed by atoms with Crippen molar-refractivity contribution in [3.05, 3.63) is 17.8 Å². The molecule has 3 nitrogen and oxygen atoms in total. The lowest BCUT2D eigenvalue weighted by Gasteiger charge is -2.25. The van der Waals surface area contributed by atoms with Gasteiger partial charge in [0.15, 0.2) is 0 Å². The maximum absolute atomic E-state index is 12.9. The molecule has 17 heavy (non-hydrogen) atoms. The number of aromatic nitrogens is 1. The Balaban J connectivity index is 2.46. The number of pyridine rings is 1. The zero-order valence-corrected chi connectivity index (χ0v) is 9.46. The topological polar surface area (TPSA) is 42.2 Å². The van der Waals surface area contributed by atoms with Gasteiger partial charge >= 0.3 is 6.18 Å². The van der Waals surface area contributed by atoms with Gasteiger partial charge in [-0.25, -0.2) is 4.98 Å². The summed E-state index contributed by atoms with van der Waals surface area (Å²) in [6, 6.07) is 1.04. The van der Waals surface area contributed by atoms with Crippen LogP contribution in [-0.4, -0.2) is 17.6 Å². The number of nitrogen functional groups attached to an aromatic ring is 1. The summed E-state index contributed by atoms with van der Waals surface area (Å²) in [6.07, 6.45) is -1.36. The first-order valence-corrected chi connectivity index (χ1v) is 5.49. The lowest BCUT2D eigenvalue weighted by atomic mass is 10.2. The molecule has 1 aliphatic rings. The van der Waals surface area contributed by atoms with E-state index in [4.69, 9.17) is 5.73 Å². The SMILES string of the molecule is C[C@@H]1CCCN1c1ncc(N)cc1C(F)(F)F. The van der Waals surface area contributed by atoms with Crippen LogP contribution in [0, 0.1) is 0 Å². The molecule has 1 atom stereocenters. The van der Waals surface area contributed by atoms with E-state index in [1.54, 1.807) is 4.90 Å². The summed E-state index contributed by atoms with van der Waals surface area (Å²) < 4.78 is 38.7. The highest BCUT2D eigenvalue weighted by Gasteiger charge is 2.37. The quantitative estimate of drug-likeness (QED) is 0.827. The van der Waals surface area contributed by atoms with Crippen LogP contribution in [0.25, 0.3) is 0 Å². The molecule has 1 aromatic heterocycles. The number of hydrogen-bond acceptors (Lipinski definition) is 3. The van der Waals surface area contributed by atoms with Crippen LogP contribution >= 0.6 is 0 Å². The minimum atomic E-state index is -4.42.